The molecule has 3 rings (SSSR count). The highest BCUT2D eigenvalue weighted by Gasteiger charge is 2.11. The number of nitrogens with zero attached hydrogens (tertiary/aromatic N) is 2. The summed E-state index contributed by atoms with van der Waals surface area (Å²) in [4.78, 5) is 4.03. The molecule has 0 spiro atoms. The van der Waals surface area contributed by atoms with Crippen LogP contribution in [0.2, 0.25) is 0 Å². The molecule has 0 atom stereocenters. The van der Waals surface area contributed by atoms with Crippen molar-refractivity contribution in [3.8, 4) is 0 Å². The molecule has 0 bridgehead atoms. The van der Waals surface area contributed by atoms with Crippen molar-refractivity contribution in [1.29, 1.82) is 0 Å². The number of imidazole rings is 1. The Morgan fingerprint density at radius 2 is 1.90 bits per heavy atom. The van der Waals surface area contributed by atoms with E-state index in [1.165, 1.54) is 18.2 Å². The number of para-hydroxylation sites is 1. The normalized spacial score (nSPS) is 11.1. The fourth-order valence-corrected chi connectivity index (χ4v) is 2.30. The Bertz CT molecular complexity index is 765. The van der Waals surface area contributed by atoms with Gasteiger partial charge in [-0.3, -0.25) is 0 Å². The van der Waals surface area contributed by atoms with Gasteiger partial charge < -0.3 is 10.3 Å². The average molecular weight is 273 g/mol. The third-order valence-electron chi connectivity index (χ3n) is 3.27. The van der Waals surface area contributed by atoms with Crippen LogP contribution >= 0.6 is 0 Å². The molecule has 0 aliphatic carbocycles. The Kier molecular flexibility index (Phi) is 3.10. The number of aryl methyl sites for hydroxylation is 2. The Morgan fingerprint density at radius 3 is 2.70 bits per heavy atom. The van der Waals surface area contributed by atoms with Crippen LogP contribution in [0.1, 0.15) is 5.56 Å². The minimum absolute atomic E-state index is 0.265. The lowest BCUT2D eigenvalue weighted by molar-refractivity contribution is 0.623. The summed E-state index contributed by atoms with van der Waals surface area (Å²) in [5.41, 5.74) is 7.61. The third kappa shape index (κ3) is 2.22. The van der Waals surface area contributed by atoms with E-state index in [2.05, 4.69) is 4.98 Å². The van der Waals surface area contributed by atoms with Crippen LogP contribution < -0.4 is 5.73 Å². The van der Waals surface area contributed by atoms with Crippen LogP contribution in [-0.2, 0) is 13.0 Å². The van der Waals surface area contributed by atoms with Crippen LogP contribution in [0.15, 0.2) is 42.5 Å². The van der Waals surface area contributed by atoms with Crippen molar-refractivity contribution in [3.63, 3.8) is 0 Å². The Labute approximate surface area is 114 Å². The quantitative estimate of drug-likeness (QED) is 0.796. The molecule has 1 heterocycles. The number of nitrogens with two attached hydrogens (primary N) is 1. The number of hydrogen-bond acceptors (Lipinski definition) is 2. The number of halogens is 2. The van der Waals surface area contributed by atoms with Crippen LogP contribution in [0, 0.1) is 11.6 Å². The number of rotatable bonds is 3. The first-order valence-corrected chi connectivity index (χ1v) is 6.30. The van der Waals surface area contributed by atoms with Gasteiger partial charge in [-0.1, -0.05) is 18.2 Å². The summed E-state index contributed by atoms with van der Waals surface area (Å²) in [6.07, 6.45) is 0.601. The summed E-state index contributed by atoms with van der Waals surface area (Å²) < 4.78 is 28.5. The molecule has 0 saturated heterocycles. The van der Waals surface area contributed by atoms with Gasteiger partial charge in [0.05, 0.1) is 5.52 Å². The summed E-state index contributed by atoms with van der Waals surface area (Å²) in [5, 5.41) is 0. The predicted octanol–water partition coefficient (Wildman–Crippen LogP) is 3.14. The molecule has 0 aliphatic rings. The number of fused-ring (bicyclic) bond motifs is 1. The van der Waals surface area contributed by atoms with E-state index in [9.17, 15) is 8.78 Å². The van der Waals surface area contributed by atoms with E-state index < -0.39 is 5.82 Å². The Morgan fingerprint density at radius 1 is 1.10 bits per heavy atom. The van der Waals surface area contributed by atoms with Crippen LogP contribution in [0.4, 0.5) is 14.7 Å². The Balaban J connectivity index is 1.91. The molecule has 0 aliphatic heterocycles. The van der Waals surface area contributed by atoms with Crippen molar-refractivity contribution in [2.45, 2.75) is 13.0 Å². The maximum Gasteiger partial charge on any atom is 0.201 e. The topological polar surface area (TPSA) is 43.8 Å². The van der Waals surface area contributed by atoms with Gasteiger partial charge in [0.1, 0.15) is 11.3 Å². The first-order chi connectivity index (χ1) is 9.65. The lowest BCUT2D eigenvalue weighted by atomic mass is 10.1. The molecule has 3 aromatic rings. The number of anilines is 1. The van der Waals surface area contributed by atoms with Gasteiger partial charge in [-0.2, -0.15) is 0 Å². The molecular weight excluding hydrogens is 260 g/mol. The number of hydrogen-bond donors (Lipinski definition) is 1. The van der Waals surface area contributed by atoms with Crippen molar-refractivity contribution in [3.05, 3.63) is 59.7 Å². The van der Waals surface area contributed by atoms with Crippen molar-refractivity contribution < 1.29 is 8.78 Å². The summed E-state index contributed by atoms with van der Waals surface area (Å²) in [7, 11) is 0. The van der Waals surface area contributed by atoms with Crippen LogP contribution in [0.3, 0.4) is 0 Å². The maximum atomic E-state index is 13.6. The Hall–Kier alpha value is -2.43. The number of aromatic nitrogens is 2. The van der Waals surface area contributed by atoms with E-state index in [4.69, 9.17) is 5.73 Å². The van der Waals surface area contributed by atoms with E-state index in [-0.39, 0.29) is 17.3 Å². The molecule has 0 saturated carbocycles. The smallest absolute Gasteiger partial charge is 0.201 e. The van der Waals surface area contributed by atoms with E-state index in [0.29, 0.717) is 18.5 Å². The van der Waals surface area contributed by atoms with Crippen molar-refractivity contribution in [2.75, 3.05) is 5.73 Å². The second-order valence-corrected chi connectivity index (χ2v) is 4.61. The van der Waals surface area contributed by atoms with Crippen molar-refractivity contribution in [2.24, 2.45) is 0 Å². The summed E-state index contributed by atoms with van der Waals surface area (Å²) in [6.45, 7) is 0.523. The maximum absolute atomic E-state index is 13.6. The van der Waals surface area contributed by atoms with E-state index in [1.807, 2.05) is 6.07 Å². The monoisotopic (exact) mass is 273 g/mol. The van der Waals surface area contributed by atoms with Crippen molar-refractivity contribution in [1.82, 2.24) is 9.55 Å². The second kappa shape index (κ2) is 4.92. The molecule has 102 valence electrons. The van der Waals surface area contributed by atoms with E-state index in [1.54, 1.807) is 22.8 Å². The van der Waals surface area contributed by atoms with Gasteiger partial charge in [-0.15, -0.1) is 0 Å². The van der Waals surface area contributed by atoms with Gasteiger partial charge in [0.2, 0.25) is 5.95 Å². The fourth-order valence-electron chi connectivity index (χ4n) is 2.30. The van der Waals surface area contributed by atoms with Gasteiger partial charge in [0.25, 0.3) is 0 Å². The van der Waals surface area contributed by atoms with Crippen LogP contribution in [-0.4, -0.2) is 9.55 Å². The molecule has 20 heavy (non-hydrogen) atoms. The molecule has 5 heteroatoms. The van der Waals surface area contributed by atoms with Crippen molar-refractivity contribution >= 4 is 17.0 Å². The van der Waals surface area contributed by atoms with Gasteiger partial charge >= 0.3 is 0 Å². The highest BCUT2D eigenvalue weighted by molar-refractivity contribution is 5.78. The molecular formula is C15H13F2N3. The van der Waals surface area contributed by atoms with E-state index in [0.717, 1.165) is 5.56 Å². The second-order valence-electron chi connectivity index (χ2n) is 4.61. The molecule has 0 unspecified atom stereocenters. The molecule has 0 fully saturated rings. The SMILES string of the molecule is Nc1nc2c(F)cccc2n1CCc1cccc(F)c1. The molecule has 3 nitrogen and oxygen atoms in total. The molecule has 1 aromatic heterocycles. The lowest BCUT2D eigenvalue weighted by Crippen LogP contribution is -2.05. The zero-order valence-electron chi connectivity index (χ0n) is 10.7. The minimum atomic E-state index is -0.390. The largest absolute Gasteiger partial charge is 0.369 e. The predicted molar refractivity (Wildman–Crippen MR) is 74.2 cm³/mol. The summed E-state index contributed by atoms with van der Waals surface area (Å²) in [5.74, 6) is -0.391. The fraction of sp³-hybridized carbons (Fsp3) is 0.133. The minimum Gasteiger partial charge on any atom is -0.369 e. The molecule has 2 N–H and O–H groups in total. The molecule has 0 radical (unpaired) electrons. The zero-order chi connectivity index (χ0) is 14.1. The first-order valence-electron chi connectivity index (χ1n) is 6.30. The first kappa shape index (κ1) is 12.6. The van der Waals surface area contributed by atoms with Gasteiger partial charge in [-0.25, -0.2) is 13.8 Å². The molecule has 2 aromatic carbocycles. The average Bonchev–Trinajstić information content (AvgIpc) is 2.74. The van der Waals surface area contributed by atoms with Gasteiger partial charge in [0.15, 0.2) is 5.82 Å². The van der Waals surface area contributed by atoms with Crippen LogP contribution in [0.5, 0.6) is 0 Å². The molecule has 0 amide bonds. The lowest BCUT2D eigenvalue weighted by Gasteiger charge is -2.06. The third-order valence-corrected chi connectivity index (χ3v) is 3.27. The highest BCUT2D eigenvalue weighted by Crippen LogP contribution is 2.21. The van der Waals surface area contributed by atoms with Gasteiger partial charge in [0, 0.05) is 6.54 Å². The van der Waals surface area contributed by atoms with E-state index >= 15 is 0 Å². The summed E-state index contributed by atoms with van der Waals surface area (Å²) >= 11 is 0. The zero-order valence-corrected chi connectivity index (χ0v) is 10.7. The summed E-state index contributed by atoms with van der Waals surface area (Å²) in [6, 6.07) is 11.1. The highest BCUT2D eigenvalue weighted by atomic mass is 19.1. The standard InChI is InChI=1S/C15H13F2N3/c16-11-4-1-3-10(9-11)7-8-20-13-6-2-5-12(17)14(13)19-15(20)18/h1-6,9H,7-8H2,(H2,18,19). The van der Waals surface area contributed by atoms with Gasteiger partial charge in [-0.05, 0) is 36.2 Å². The number of nitrogen functional groups attached to an aromatic ring is 1. The van der Waals surface area contributed by atoms with Crippen LogP contribution in [0.25, 0.3) is 11.0 Å². The number of benzene rings is 2.